The highest BCUT2D eigenvalue weighted by molar-refractivity contribution is 6.06. The van der Waals surface area contributed by atoms with Crippen LogP contribution in [0.4, 0.5) is 0 Å². The number of aliphatic imine (C=N–C) groups is 1. The van der Waals surface area contributed by atoms with Gasteiger partial charge < -0.3 is 25.0 Å². The van der Waals surface area contributed by atoms with Gasteiger partial charge in [-0.05, 0) is 56.5 Å². The minimum Gasteiger partial charge on any atom is -0.493 e. The van der Waals surface area contributed by atoms with Crippen molar-refractivity contribution in [3.63, 3.8) is 0 Å². The Hall–Kier alpha value is -2.29. The van der Waals surface area contributed by atoms with Gasteiger partial charge in [0, 0.05) is 70.4 Å². The van der Waals surface area contributed by atoms with E-state index in [-0.39, 0.29) is 17.7 Å². The second-order valence-corrected chi connectivity index (χ2v) is 9.08. The van der Waals surface area contributed by atoms with Crippen molar-refractivity contribution < 1.29 is 19.1 Å². The minimum atomic E-state index is -0.274. The molecule has 33 heavy (non-hydrogen) atoms. The molecular formula is C25H38N4O4. The van der Waals surface area contributed by atoms with Gasteiger partial charge >= 0.3 is 0 Å². The lowest BCUT2D eigenvalue weighted by Crippen LogP contribution is -2.37. The molecule has 0 bridgehead atoms. The largest absolute Gasteiger partial charge is 0.493 e. The molecule has 2 amide bonds. The molecule has 8 nitrogen and oxygen atoms in total. The van der Waals surface area contributed by atoms with Gasteiger partial charge in [0.15, 0.2) is 0 Å². The topological polar surface area (TPSA) is 92.3 Å². The van der Waals surface area contributed by atoms with Crippen molar-refractivity contribution in [1.82, 2.24) is 15.5 Å². The molecule has 2 heterocycles. The van der Waals surface area contributed by atoms with Crippen LogP contribution in [0.3, 0.4) is 0 Å². The number of carbonyl (C=O) groups is 2. The smallest absolute Gasteiger partial charge is 0.277 e. The van der Waals surface area contributed by atoms with E-state index in [2.05, 4.69) is 15.6 Å². The maximum absolute atomic E-state index is 12.9. The lowest BCUT2D eigenvalue weighted by Gasteiger charge is -2.26. The number of aryl methyl sites for hydroxylation is 1. The van der Waals surface area contributed by atoms with E-state index in [9.17, 15) is 9.59 Å². The van der Waals surface area contributed by atoms with Crippen molar-refractivity contribution >= 4 is 17.5 Å². The SMILES string of the molecule is COCCCOc1cc(C(=O)/N=C2\CNC[C@H]2CN(C)C(=O)CC2CCNCC2)ccc1C. The van der Waals surface area contributed by atoms with E-state index in [1.165, 1.54) is 0 Å². The summed E-state index contributed by atoms with van der Waals surface area (Å²) in [5, 5.41) is 6.64. The van der Waals surface area contributed by atoms with E-state index < -0.39 is 0 Å². The molecule has 2 aliphatic rings. The Morgan fingerprint density at radius 2 is 1.97 bits per heavy atom. The maximum Gasteiger partial charge on any atom is 0.277 e. The molecule has 182 valence electrons. The molecule has 0 unspecified atom stereocenters. The Balaban J connectivity index is 1.58. The molecule has 8 heteroatoms. The molecule has 1 atom stereocenters. The van der Waals surface area contributed by atoms with Gasteiger partial charge in [-0.1, -0.05) is 6.07 Å². The van der Waals surface area contributed by atoms with Crippen LogP contribution in [0.1, 0.15) is 41.6 Å². The molecule has 2 saturated heterocycles. The highest BCUT2D eigenvalue weighted by atomic mass is 16.5. The molecule has 2 aliphatic heterocycles. The summed E-state index contributed by atoms with van der Waals surface area (Å²) in [7, 11) is 3.52. The fraction of sp³-hybridized carbons (Fsp3) is 0.640. The predicted octanol–water partition coefficient (Wildman–Crippen LogP) is 2.06. The van der Waals surface area contributed by atoms with Gasteiger partial charge in [0.25, 0.3) is 5.91 Å². The second kappa shape index (κ2) is 12.8. The van der Waals surface area contributed by atoms with E-state index in [0.29, 0.717) is 50.0 Å². The summed E-state index contributed by atoms with van der Waals surface area (Å²) in [5.74, 6) is 1.11. The summed E-state index contributed by atoms with van der Waals surface area (Å²) in [4.78, 5) is 31.8. The number of ether oxygens (including phenoxy) is 2. The van der Waals surface area contributed by atoms with Crippen LogP contribution in [0.25, 0.3) is 0 Å². The number of carbonyl (C=O) groups excluding carboxylic acids is 2. The molecule has 2 fully saturated rings. The molecule has 2 N–H and O–H groups in total. The monoisotopic (exact) mass is 458 g/mol. The van der Waals surface area contributed by atoms with Gasteiger partial charge in [0.1, 0.15) is 5.75 Å². The quantitative estimate of drug-likeness (QED) is 0.522. The minimum absolute atomic E-state index is 0.0473. The Labute approximate surface area is 197 Å². The molecule has 0 aromatic heterocycles. The number of nitrogens with one attached hydrogen (secondary N) is 2. The van der Waals surface area contributed by atoms with Gasteiger partial charge in [-0.3, -0.25) is 9.59 Å². The number of nitrogens with zero attached hydrogens (tertiary/aromatic N) is 2. The molecule has 1 aromatic rings. The number of benzene rings is 1. The second-order valence-electron chi connectivity index (χ2n) is 9.08. The van der Waals surface area contributed by atoms with Crippen LogP contribution in [-0.4, -0.2) is 82.5 Å². The van der Waals surface area contributed by atoms with Gasteiger partial charge in [-0.25, -0.2) is 4.99 Å². The first-order valence-corrected chi connectivity index (χ1v) is 12.0. The number of hydrogen-bond acceptors (Lipinski definition) is 6. The fourth-order valence-electron chi connectivity index (χ4n) is 4.33. The molecule has 0 aliphatic carbocycles. The highest BCUT2D eigenvalue weighted by Crippen LogP contribution is 2.21. The van der Waals surface area contributed by atoms with Crippen molar-refractivity contribution in [2.75, 3.05) is 60.1 Å². The average molecular weight is 459 g/mol. The van der Waals surface area contributed by atoms with Gasteiger partial charge in [-0.2, -0.15) is 0 Å². The van der Waals surface area contributed by atoms with Crippen molar-refractivity contribution in [3.8, 4) is 5.75 Å². The number of piperidine rings is 1. The lowest BCUT2D eigenvalue weighted by molar-refractivity contribution is -0.131. The number of hydrogen-bond donors (Lipinski definition) is 2. The zero-order chi connectivity index (χ0) is 23.6. The average Bonchev–Trinajstić information content (AvgIpc) is 3.24. The van der Waals surface area contributed by atoms with Gasteiger partial charge in [0.2, 0.25) is 5.91 Å². The normalized spacial score (nSPS) is 20.2. The van der Waals surface area contributed by atoms with E-state index in [1.807, 2.05) is 20.0 Å². The number of amides is 2. The Kier molecular flexibility index (Phi) is 9.84. The standard InChI is InChI=1S/C25H38N4O4/c1-18-5-6-20(14-23(18)33-12-4-11-32-3)25(31)28-22-16-27-15-21(22)17-29(2)24(30)13-19-7-9-26-10-8-19/h5-6,14,19,21,26-27H,4,7-13,15-17H2,1-3H3/b28-22+/t21-/m0/s1. The lowest BCUT2D eigenvalue weighted by atomic mass is 9.94. The first kappa shape index (κ1) is 25.3. The van der Waals surface area contributed by atoms with Crippen LogP contribution < -0.4 is 15.4 Å². The fourth-order valence-corrected chi connectivity index (χ4v) is 4.33. The molecular weight excluding hydrogens is 420 g/mol. The third-order valence-electron chi connectivity index (χ3n) is 6.44. The predicted molar refractivity (Wildman–Crippen MR) is 129 cm³/mol. The number of rotatable bonds is 10. The molecule has 1 aromatic carbocycles. The molecule has 0 spiro atoms. The van der Waals surface area contributed by atoms with E-state index in [0.717, 1.165) is 50.2 Å². The Morgan fingerprint density at radius 1 is 1.18 bits per heavy atom. The summed E-state index contributed by atoms with van der Waals surface area (Å²) in [5.41, 5.74) is 2.30. The number of methoxy groups -OCH3 is 1. The van der Waals surface area contributed by atoms with Crippen LogP contribution in [0.2, 0.25) is 0 Å². The first-order valence-electron chi connectivity index (χ1n) is 12.0. The van der Waals surface area contributed by atoms with Gasteiger partial charge in [0.05, 0.1) is 6.61 Å². The van der Waals surface area contributed by atoms with Crippen LogP contribution in [0, 0.1) is 18.8 Å². The zero-order valence-electron chi connectivity index (χ0n) is 20.2. The van der Waals surface area contributed by atoms with E-state index in [4.69, 9.17) is 9.47 Å². The van der Waals surface area contributed by atoms with E-state index in [1.54, 1.807) is 24.1 Å². The van der Waals surface area contributed by atoms with Crippen LogP contribution in [0.5, 0.6) is 5.75 Å². The van der Waals surface area contributed by atoms with Crippen LogP contribution >= 0.6 is 0 Å². The third kappa shape index (κ3) is 7.62. The first-order chi connectivity index (χ1) is 16.0. The Bertz CT molecular complexity index is 836. The van der Waals surface area contributed by atoms with Crippen molar-refractivity contribution in [1.29, 1.82) is 0 Å². The van der Waals surface area contributed by atoms with Crippen molar-refractivity contribution in [2.45, 2.75) is 32.6 Å². The highest BCUT2D eigenvalue weighted by Gasteiger charge is 2.27. The van der Waals surface area contributed by atoms with E-state index >= 15 is 0 Å². The molecule has 0 saturated carbocycles. The third-order valence-corrected chi connectivity index (χ3v) is 6.44. The molecule has 0 radical (unpaired) electrons. The van der Waals surface area contributed by atoms with Crippen molar-refractivity contribution in [3.05, 3.63) is 29.3 Å². The summed E-state index contributed by atoms with van der Waals surface area (Å²) in [6.45, 7) is 6.97. The summed E-state index contributed by atoms with van der Waals surface area (Å²) < 4.78 is 10.9. The maximum atomic E-state index is 12.9. The summed E-state index contributed by atoms with van der Waals surface area (Å²) >= 11 is 0. The zero-order valence-corrected chi connectivity index (χ0v) is 20.2. The van der Waals surface area contributed by atoms with Crippen molar-refractivity contribution in [2.24, 2.45) is 16.8 Å². The van der Waals surface area contributed by atoms with Gasteiger partial charge in [-0.15, -0.1) is 0 Å². The Morgan fingerprint density at radius 3 is 2.73 bits per heavy atom. The summed E-state index contributed by atoms with van der Waals surface area (Å²) in [6.07, 6.45) is 3.49. The molecule has 3 rings (SSSR count). The van der Waals surface area contributed by atoms with Crippen LogP contribution in [-0.2, 0) is 9.53 Å². The summed E-state index contributed by atoms with van der Waals surface area (Å²) in [6, 6.07) is 5.44. The van der Waals surface area contributed by atoms with Crippen LogP contribution in [0.15, 0.2) is 23.2 Å².